The van der Waals surface area contributed by atoms with Gasteiger partial charge < -0.3 is 5.11 Å². The maximum atomic E-state index is 9.36. The molecule has 0 fully saturated rings. The highest BCUT2D eigenvalue weighted by Crippen LogP contribution is 2.26. The van der Waals surface area contributed by atoms with E-state index in [1.807, 2.05) is 24.3 Å². The molecule has 0 saturated carbocycles. The van der Waals surface area contributed by atoms with E-state index in [1.54, 1.807) is 18.2 Å². The lowest BCUT2D eigenvalue weighted by Gasteiger charge is -2.02. The van der Waals surface area contributed by atoms with Crippen LogP contribution in [0.4, 0.5) is 0 Å². The second-order valence-electron chi connectivity index (χ2n) is 3.89. The zero-order chi connectivity index (χ0) is 13.8. The van der Waals surface area contributed by atoms with Gasteiger partial charge in [-0.15, -0.1) is 0 Å². The van der Waals surface area contributed by atoms with E-state index in [1.165, 1.54) is 6.07 Å². The Kier molecular flexibility index (Phi) is 4.26. The quantitative estimate of drug-likeness (QED) is 0.629. The lowest BCUT2D eigenvalue weighted by atomic mass is 10.0. The first-order valence-electron chi connectivity index (χ1n) is 5.46. The molecule has 0 aliphatic carbocycles. The Hall–Kier alpha value is -1.76. The second-order valence-corrected chi connectivity index (χ2v) is 5.21. The van der Waals surface area contributed by atoms with Crippen molar-refractivity contribution in [2.24, 2.45) is 0 Å². The van der Waals surface area contributed by atoms with Crippen molar-refractivity contribution in [3.63, 3.8) is 0 Å². The van der Waals surface area contributed by atoms with E-state index in [2.05, 4.69) is 22.0 Å². The van der Waals surface area contributed by atoms with Gasteiger partial charge >= 0.3 is 0 Å². The van der Waals surface area contributed by atoms with Gasteiger partial charge in [0.1, 0.15) is 5.75 Å². The third kappa shape index (κ3) is 3.37. The summed E-state index contributed by atoms with van der Waals surface area (Å²) in [6.45, 7) is 0. The summed E-state index contributed by atoms with van der Waals surface area (Å²) in [5.41, 5.74) is 2.11. The van der Waals surface area contributed by atoms with E-state index >= 15 is 0 Å². The summed E-state index contributed by atoms with van der Waals surface area (Å²) in [7, 11) is 0. The first-order chi connectivity index (χ1) is 9.10. The average Bonchev–Trinajstić information content (AvgIpc) is 2.40. The van der Waals surface area contributed by atoms with Gasteiger partial charge in [0.05, 0.1) is 16.7 Å². The Morgan fingerprint density at radius 3 is 2.68 bits per heavy atom. The molecule has 0 amide bonds. The predicted octanol–water partition coefficient (Wildman–Crippen LogP) is 4.87. The molecule has 0 aromatic heterocycles. The molecule has 4 heteroatoms. The fraction of sp³-hybridized carbons (Fsp3) is 0. The Morgan fingerprint density at radius 1 is 1.26 bits per heavy atom. The molecule has 0 aliphatic rings. The van der Waals surface area contributed by atoms with Crippen LogP contribution in [-0.2, 0) is 0 Å². The van der Waals surface area contributed by atoms with Crippen LogP contribution in [0.2, 0.25) is 5.02 Å². The third-order valence-electron chi connectivity index (χ3n) is 2.54. The number of nitrogens with zero attached hydrogens (tertiary/aromatic N) is 1. The molecule has 0 heterocycles. The summed E-state index contributed by atoms with van der Waals surface area (Å²) in [4.78, 5) is 0. The van der Waals surface area contributed by atoms with Gasteiger partial charge in [-0.3, -0.25) is 0 Å². The third-order valence-corrected chi connectivity index (χ3v) is 3.33. The van der Waals surface area contributed by atoms with E-state index in [4.69, 9.17) is 11.6 Å². The van der Waals surface area contributed by atoms with Gasteiger partial charge in [-0.05, 0) is 41.5 Å². The lowest BCUT2D eigenvalue weighted by Crippen LogP contribution is -1.82. The number of phenols is 1. The summed E-state index contributed by atoms with van der Waals surface area (Å²) < 4.78 is 0.912. The van der Waals surface area contributed by atoms with Crippen LogP contribution >= 0.6 is 27.5 Å². The largest absolute Gasteiger partial charge is 0.506 e. The highest BCUT2D eigenvalue weighted by atomic mass is 79.9. The van der Waals surface area contributed by atoms with Crippen LogP contribution < -0.4 is 0 Å². The monoisotopic (exact) mass is 333 g/mol. The van der Waals surface area contributed by atoms with Crippen LogP contribution in [0, 0.1) is 11.3 Å². The lowest BCUT2D eigenvalue weighted by molar-refractivity contribution is 0.475. The summed E-state index contributed by atoms with van der Waals surface area (Å²) >= 11 is 9.22. The highest BCUT2D eigenvalue weighted by molar-refractivity contribution is 9.10. The van der Waals surface area contributed by atoms with Gasteiger partial charge in [0.15, 0.2) is 0 Å². The van der Waals surface area contributed by atoms with Crippen molar-refractivity contribution in [2.45, 2.75) is 0 Å². The van der Waals surface area contributed by atoms with E-state index in [9.17, 15) is 10.4 Å². The number of rotatable bonds is 2. The van der Waals surface area contributed by atoms with E-state index in [0.717, 1.165) is 15.6 Å². The minimum absolute atomic E-state index is 0.0276. The minimum Gasteiger partial charge on any atom is -0.506 e. The molecular weight excluding hydrogens is 326 g/mol. The van der Waals surface area contributed by atoms with Crippen molar-refractivity contribution >= 4 is 39.2 Å². The molecule has 0 unspecified atom stereocenters. The molecule has 19 heavy (non-hydrogen) atoms. The molecule has 94 valence electrons. The first kappa shape index (κ1) is 13.7. The number of hydrogen-bond acceptors (Lipinski definition) is 2. The minimum atomic E-state index is 0.0276. The van der Waals surface area contributed by atoms with Gasteiger partial charge in [0.25, 0.3) is 0 Å². The molecule has 2 nitrogen and oxygen atoms in total. The van der Waals surface area contributed by atoms with Crippen molar-refractivity contribution in [3.05, 3.63) is 63.1 Å². The SMILES string of the molecule is N#C/C(=C/c1ccc(O)c(Cl)c1)c1cccc(Br)c1. The summed E-state index contributed by atoms with van der Waals surface area (Å²) in [6.07, 6.45) is 1.73. The average molecular weight is 335 g/mol. The summed E-state index contributed by atoms with van der Waals surface area (Å²) in [5.74, 6) is 0.0276. The van der Waals surface area contributed by atoms with Gasteiger partial charge in [-0.2, -0.15) is 5.26 Å². The van der Waals surface area contributed by atoms with Crippen molar-refractivity contribution in [1.82, 2.24) is 0 Å². The molecule has 0 atom stereocenters. The number of allylic oxidation sites excluding steroid dienone is 1. The van der Waals surface area contributed by atoms with Crippen LogP contribution in [0.1, 0.15) is 11.1 Å². The molecule has 2 rings (SSSR count). The molecule has 0 radical (unpaired) electrons. The second kappa shape index (κ2) is 5.92. The molecule has 0 saturated heterocycles. The van der Waals surface area contributed by atoms with Gasteiger partial charge in [-0.25, -0.2) is 0 Å². The van der Waals surface area contributed by atoms with Crippen molar-refractivity contribution in [3.8, 4) is 11.8 Å². The van der Waals surface area contributed by atoms with Crippen molar-refractivity contribution in [1.29, 1.82) is 5.26 Å². The van der Waals surface area contributed by atoms with Crippen LogP contribution in [0.25, 0.3) is 11.6 Å². The maximum Gasteiger partial charge on any atom is 0.134 e. The molecule has 1 N–H and O–H groups in total. The molecule has 0 spiro atoms. The Labute approximate surface area is 124 Å². The zero-order valence-electron chi connectivity index (χ0n) is 9.77. The van der Waals surface area contributed by atoms with Crippen LogP contribution in [0.15, 0.2) is 46.9 Å². The maximum absolute atomic E-state index is 9.36. The van der Waals surface area contributed by atoms with Crippen molar-refractivity contribution < 1.29 is 5.11 Å². The summed E-state index contributed by atoms with van der Waals surface area (Å²) in [6, 6.07) is 14.5. The summed E-state index contributed by atoms with van der Waals surface area (Å²) in [5, 5.41) is 18.9. The number of phenolic OH excluding ortho intramolecular Hbond substituents is 1. The van der Waals surface area contributed by atoms with Gasteiger partial charge in [-0.1, -0.05) is 45.7 Å². The normalized spacial score (nSPS) is 11.1. The fourth-order valence-electron chi connectivity index (χ4n) is 1.62. The Morgan fingerprint density at radius 2 is 2.05 bits per heavy atom. The predicted molar refractivity (Wildman–Crippen MR) is 80.7 cm³/mol. The van der Waals surface area contributed by atoms with Gasteiger partial charge in [0.2, 0.25) is 0 Å². The van der Waals surface area contributed by atoms with E-state index in [0.29, 0.717) is 5.57 Å². The number of halogens is 2. The Balaban J connectivity index is 2.44. The number of hydrogen-bond donors (Lipinski definition) is 1. The van der Waals surface area contributed by atoms with Gasteiger partial charge in [0, 0.05) is 4.47 Å². The fourth-order valence-corrected chi connectivity index (χ4v) is 2.20. The first-order valence-corrected chi connectivity index (χ1v) is 6.63. The van der Waals surface area contributed by atoms with E-state index < -0.39 is 0 Å². The van der Waals surface area contributed by atoms with Crippen molar-refractivity contribution in [2.75, 3.05) is 0 Å². The highest BCUT2D eigenvalue weighted by Gasteiger charge is 2.03. The Bertz CT molecular complexity index is 689. The molecule has 0 bridgehead atoms. The zero-order valence-corrected chi connectivity index (χ0v) is 12.1. The molecular formula is C15H9BrClNO. The smallest absolute Gasteiger partial charge is 0.134 e. The number of nitriles is 1. The standard InChI is InChI=1S/C15H9BrClNO/c16-13-3-1-2-11(8-13)12(9-18)6-10-4-5-15(19)14(17)7-10/h1-8,19H/b12-6-. The van der Waals surface area contributed by atoms with Crippen LogP contribution in [-0.4, -0.2) is 5.11 Å². The topological polar surface area (TPSA) is 44.0 Å². The number of benzene rings is 2. The van der Waals surface area contributed by atoms with Crippen LogP contribution in [0.5, 0.6) is 5.75 Å². The number of aromatic hydroxyl groups is 1. The molecule has 0 aliphatic heterocycles. The molecule has 2 aromatic carbocycles. The molecule has 2 aromatic rings. The van der Waals surface area contributed by atoms with Crippen LogP contribution in [0.3, 0.4) is 0 Å². The van der Waals surface area contributed by atoms with E-state index in [-0.39, 0.29) is 10.8 Å².